The Kier molecular flexibility index (Phi) is 22.0. The van der Waals surface area contributed by atoms with Crippen LogP contribution in [0.1, 0.15) is 128 Å². The van der Waals surface area contributed by atoms with Gasteiger partial charge in [-0.2, -0.15) is 0 Å². The van der Waals surface area contributed by atoms with Gasteiger partial charge < -0.3 is 28.4 Å². The molecule has 2 atom stereocenters. The zero-order valence-corrected chi connectivity index (χ0v) is 28.5. The van der Waals surface area contributed by atoms with Crippen LogP contribution in [0.4, 0.5) is 0 Å². The molecule has 0 fully saturated rings. The van der Waals surface area contributed by atoms with Gasteiger partial charge in [0, 0.05) is 31.1 Å². The number of hydrogen-bond acceptors (Lipinski definition) is 8. The molecule has 0 aliphatic heterocycles. The van der Waals surface area contributed by atoms with E-state index in [9.17, 15) is 5.11 Å². The molecule has 42 heavy (non-hydrogen) atoms. The Bertz CT molecular complexity index is 876. The van der Waals surface area contributed by atoms with Crippen molar-refractivity contribution in [1.82, 2.24) is 10.3 Å². The number of halogens is 1. The Morgan fingerprint density at radius 3 is 2.02 bits per heavy atom. The normalized spacial score (nSPS) is 13.0. The second kappa shape index (κ2) is 25.0. The van der Waals surface area contributed by atoms with Gasteiger partial charge in [0.15, 0.2) is 6.10 Å². The maximum atomic E-state index is 9.73. The Hall–Kier alpha value is -1.33. The first-order valence-corrected chi connectivity index (χ1v) is 18.1. The molecule has 0 bridgehead atoms. The highest BCUT2D eigenvalue weighted by atomic mass is 127. The number of aliphatic hydroxyl groups is 1. The molecule has 0 aliphatic carbocycles. The van der Waals surface area contributed by atoms with Crippen LogP contribution in [0.25, 0.3) is 0 Å². The zero-order valence-electron chi connectivity index (χ0n) is 26.3. The molecule has 2 heterocycles. The first kappa shape index (κ1) is 36.9. The van der Waals surface area contributed by atoms with Gasteiger partial charge in [-0.05, 0) is 40.9 Å². The van der Waals surface area contributed by atoms with E-state index < -0.39 is 6.10 Å². The van der Waals surface area contributed by atoms with E-state index in [1.165, 1.54) is 94.3 Å². The molecule has 0 amide bonds. The molecule has 0 spiro atoms. The summed E-state index contributed by atoms with van der Waals surface area (Å²) in [7, 11) is 0. The number of hydrogen-bond donors (Lipinski definition) is 1. The molecule has 9 heteroatoms. The van der Waals surface area contributed by atoms with Gasteiger partial charge in [0.1, 0.15) is 18.1 Å². The van der Waals surface area contributed by atoms with Gasteiger partial charge in [-0.1, -0.05) is 119 Å². The lowest BCUT2D eigenvalue weighted by molar-refractivity contribution is -0.000716. The second-order valence-corrected chi connectivity index (χ2v) is 12.7. The molecule has 8 nitrogen and oxygen atoms in total. The van der Waals surface area contributed by atoms with Crippen molar-refractivity contribution in [2.45, 2.75) is 136 Å². The number of nitrogens with zero attached hydrogens (tertiary/aromatic N) is 2. The molecule has 2 unspecified atom stereocenters. The Morgan fingerprint density at radius 2 is 1.40 bits per heavy atom. The van der Waals surface area contributed by atoms with E-state index in [0.29, 0.717) is 30.7 Å². The molecule has 2 rings (SSSR count). The number of aliphatic hydroxyl groups excluding tert-OH is 1. The number of unbranched alkanes of at least 4 members (excludes halogenated alkanes) is 14. The van der Waals surface area contributed by atoms with E-state index in [1.54, 1.807) is 6.07 Å². The molecule has 2 aromatic heterocycles. The predicted octanol–water partition coefficient (Wildman–Crippen LogP) is 9.05. The van der Waals surface area contributed by atoms with E-state index in [1.807, 2.05) is 13.0 Å². The van der Waals surface area contributed by atoms with Crippen LogP contribution >= 0.6 is 22.6 Å². The lowest BCUT2D eigenvalue weighted by Crippen LogP contribution is -2.31. The number of aromatic nitrogens is 2. The molecule has 0 aliphatic rings. The number of alkyl halides is 1. The lowest BCUT2D eigenvalue weighted by atomic mass is 10.0. The van der Waals surface area contributed by atoms with Crippen molar-refractivity contribution in [2.75, 3.05) is 30.9 Å². The van der Waals surface area contributed by atoms with Crippen molar-refractivity contribution in [2.24, 2.45) is 5.92 Å². The Labute approximate surface area is 268 Å². The third kappa shape index (κ3) is 18.4. The molecule has 2 aromatic rings. The highest BCUT2D eigenvalue weighted by molar-refractivity contribution is 14.1. The highest BCUT2D eigenvalue weighted by Gasteiger charge is 2.18. The average molecular weight is 705 g/mol. The predicted molar refractivity (Wildman–Crippen MR) is 176 cm³/mol. The molecule has 0 saturated heterocycles. The summed E-state index contributed by atoms with van der Waals surface area (Å²) >= 11 is 2.40. The zero-order chi connectivity index (χ0) is 30.1. The smallest absolute Gasteiger partial charge is 0.254 e. The summed E-state index contributed by atoms with van der Waals surface area (Å²) in [6.07, 6.45) is 22.3. The van der Waals surface area contributed by atoms with Crippen molar-refractivity contribution in [3.8, 4) is 11.8 Å². The Morgan fingerprint density at radius 1 is 0.762 bits per heavy atom. The standard InChI is InChI=1S/C33H57IN2O6/c1-3-4-5-6-7-8-9-10-11-12-13-14-17-20-30-23-32(35-42-30)39-27-31(40-33-22-28(2)41-36-33)26-38-25-29(24-37)19-16-15-18-21-34/h22-23,29,31,37H,3-21,24-27H2,1-2H3. The number of aryl methyl sites for hydroxylation is 2. The van der Waals surface area contributed by atoms with Crippen LogP contribution in [0.5, 0.6) is 11.8 Å². The van der Waals surface area contributed by atoms with E-state index >= 15 is 0 Å². The van der Waals surface area contributed by atoms with Crippen molar-refractivity contribution >= 4 is 22.6 Å². The van der Waals surface area contributed by atoms with E-state index in [0.717, 1.165) is 31.4 Å². The first-order chi connectivity index (χ1) is 20.6. The summed E-state index contributed by atoms with van der Waals surface area (Å²) in [5.41, 5.74) is 0. The van der Waals surface area contributed by atoms with Crippen LogP contribution in [-0.2, 0) is 11.2 Å². The minimum atomic E-state index is -0.408. The largest absolute Gasteiger partial charge is 0.471 e. The summed E-state index contributed by atoms with van der Waals surface area (Å²) in [5, 5.41) is 17.8. The van der Waals surface area contributed by atoms with Crippen LogP contribution in [0.3, 0.4) is 0 Å². The fraction of sp³-hybridized carbons (Fsp3) is 0.818. The summed E-state index contributed by atoms with van der Waals surface area (Å²) in [5.74, 6) is 2.49. The van der Waals surface area contributed by atoms with Crippen LogP contribution in [-0.4, -0.2) is 52.4 Å². The molecule has 0 radical (unpaired) electrons. The van der Waals surface area contributed by atoms with Gasteiger partial charge in [0.05, 0.1) is 13.2 Å². The first-order valence-electron chi connectivity index (χ1n) is 16.6. The molecule has 242 valence electrons. The maximum Gasteiger partial charge on any atom is 0.254 e. The lowest BCUT2D eigenvalue weighted by Gasteiger charge is -2.19. The third-order valence-corrected chi connectivity index (χ3v) is 8.30. The van der Waals surface area contributed by atoms with Gasteiger partial charge in [-0.15, -0.1) is 0 Å². The molecular formula is C33H57IN2O6. The van der Waals surface area contributed by atoms with E-state index in [2.05, 4.69) is 39.8 Å². The highest BCUT2D eigenvalue weighted by Crippen LogP contribution is 2.18. The SMILES string of the molecule is CCCCCCCCCCCCCCCc1cc(OCC(COCC(CO)CCCCCI)Oc2cc(C)on2)no1. The quantitative estimate of drug-likeness (QED) is 0.0509. The van der Waals surface area contributed by atoms with Gasteiger partial charge >= 0.3 is 0 Å². The van der Waals surface area contributed by atoms with E-state index in [4.69, 9.17) is 23.3 Å². The molecule has 0 saturated carbocycles. The number of ether oxygens (including phenoxy) is 3. The van der Waals surface area contributed by atoms with Crippen molar-refractivity contribution in [1.29, 1.82) is 0 Å². The van der Waals surface area contributed by atoms with Gasteiger partial charge in [-0.3, -0.25) is 0 Å². The molecule has 0 aromatic carbocycles. The third-order valence-electron chi connectivity index (χ3n) is 7.54. The fourth-order valence-corrected chi connectivity index (χ4v) is 5.50. The van der Waals surface area contributed by atoms with Gasteiger partial charge in [0.2, 0.25) is 0 Å². The van der Waals surface area contributed by atoms with Gasteiger partial charge in [0.25, 0.3) is 11.8 Å². The topological polar surface area (TPSA) is 100.0 Å². The average Bonchev–Trinajstić information content (AvgIpc) is 3.63. The van der Waals surface area contributed by atoms with Crippen LogP contribution in [0.2, 0.25) is 0 Å². The summed E-state index contributed by atoms with van der Waals surface area (Å²) in [6.45, 7) is 5.23. The van der Waals surface area contributed by atoms with Gasteiger partial charge in [-0.25, -0.2) is 0 Å². The second-order valence-electron chi connectivity index (χ2n) is 11.6. The maximum absolute atomic E-state index is 9.73. The molecular weight excluding hydrogens is 647 g/mol. The minimum absolute atomic E-state index is 0.121. The fourth-order valence-electron chi connectivity index (χ4n) is 4.96. The van der Waals surface area contributed by atoms with Crippen molar-refractivity contribution < 1.29 is 28.4 Å². The monoisotopic (exact) mass is 704 g/mol. The van der Waals surface area contributed by atoms with Crippen LogP contribution < -0.4 is 9.47 Å². The minimum Gasteiger partial charge on any atom is -0.471 e. The van der Waals surface area contributed by atoms with Crippen LogP contribution in [0, 0.1) is 12.8 Å². The van der Waals surface area contributed by atoms with E-state index in [-0.39, 0.29) is 19.1 Å². The summed E-state index contributed by atoms with van der Waals surface area (Å²) in [4.78, 5) is 0. The molecule has 1 N–H and O–H groups in total. The summed E-state index contributed by atoms with van der Waals surface area (Å²) in [6, 6.07) is 3.61. The summed E-state index contributed by atoms with van der Waals surface area (Å²) < 4.78 is 29.6. The van der Waals surface area contributed by atoms with Crippen LogP contribution in [0.15, 0.2) is 21.2 Å². The van der Waals surface area contributed by atoms with Crippen molar-refractivity contribution in [3.05, 3.63) is 23.7 Å². The number of rotatable bonds is 29. The van der Waals surface area contributed by atoms with Crippen molar-refractivity contribution in [3.63, 3.8) is 0 Å². The Balaban J connectivity index is 1.62.